The molecule has 3 rings (SSSR count). The van der Waals surface area contributed by atoms with Gasteiger partial charge in [0.25, 0.3) is 0 Å². The van der Waals surface area contributed by atoms with Crippen molar-refractivity contribution in [1.29, 1.82) is 0 Å². The first-order chi connectivity index (χ1) is 7.42. The van der Waals surface area contributed by atoms with E-state index in [-0.39, 0.29) is 0 Å². The van der Waals surface area contributed by atoms with E-state index in [1.165, 1.54) is 18.4 Å². The summed E-state index contributed by atoms with van der Waals surface area (Å²) >= 11 is 0. The van der Waals surface area contributed by atoms with E-state index in [0.29, 0.717) is 0 Å². The normalized spacial score (nSPS) is 32.7. The molecule has 0 spiro atoms. The number of rotatable bonds is 4. The molecular weight excluding hydrogens is 184 g/mol. The van der Waals surface area contributed by atoms with Crippen molar-refractivity contribution in [2.45, 2.75) is 31.5 Å². The monoisotopic (exact) mass is 202 g/mol. The second-order valence-electron chi connectivity index (χ2n) is 4.82. The Hall–Kier alpha value is -0.860. The minimum atomic E-state index is 0.720. The van der Waals surface area contributed by atoms with Gasteiger partial charge in [-0.3, -0.25) is 0 Å². The summed E-state index contributed by atoms with van der Waals surface area (Å²) < 4.78 is 0. The van der Waals surface area contributed by atoms with Gasteiger partial charge in [0.15, 0.2) is 0 Å². The van der Waals surface area contributed by atoms with Crippen LogP contribution in [0, 0.1) is 5.92 Å². The lowest BCUT2D eigenvalue weighted by Gasteiger charge is -2.13. The highest BCUT2D eigenvalue weighted by molar-refractivity contribution is 5.14. The molecule has 1 saturated carbocycles. The predicted molar refractivity (Wildman–Crippen MR) is 61.6 cm³/mol. The molecule has 2 nitrogen and oxygen atoms in total. The van der Waals surface area contributed by atoms with Gasteiger partial charge in [-0.25, -0.2) is 0 Å². The van der Waals surface area contributed by atoms with E-state index in [9.17, 15) is 0 Å². The smallest absolute Gasteiger partial charge is 0.0206 e. The first-order valence-electron chi connectivity index (χ1n) is 5.92. The molecule has 1 aromatic carbocycles. The second-order valence-corrected chi connectivity index (χ2v) is 4.82. The Morgan fingerprint density at radius 1 is 1.20 bits per heavy atom. The maximum Gasteiger partial charge on any atom is 0.0206 e. The van der Waals surface area contributed by atoms with E-state index in [2.05, 4.69) is 41.0 Å². The quantitative estimate of drug-likeness (QED) is 0.773. The van der Waals surface area contributed by atoms with Crippen LogP contribution in [0.2, 0.25) is 0 Å². The fraction of sp³-hybridized carbons (Fsp3) is 0.538. The highest BCUT2D eigenvalue weighted by atomic mass is 15.1. The minimum absolute atomic E-state index is 0.720. The van der Waals surface area contributed by atoms with E-state index < -0.39 is 0 Å². The summed E-state index contributed by atoms with van der Waals surface area (Å²) in [6.07, 6.45) is 2.81. The van der Waals surface area contributed by atoms with Crippen LogP contribution in [0.1, 0.15) is 18.4 Å². The van der Waals surface area contributed by atoms with Crippen LogP contribution in [0.4, 0.5) is 0 Å². The predicted octanol–water partition coefficient (Wildman–Crippen LogP) is 1.53. The molecule has 0 aromatic heterocycles. The zero-order valence-corrected chi connectivity index (χ0v) is 8.95. The van der Waals surface area contributed by atoms with Crippen LogP contribution >= 0.6 is 0 Å². The third-order valence-electron chi connectivity index (χ3n) is 3.52. The second kappa shape index (κ2) is 3.95. The van der Waals surface area contributed by atoms with Crippen molar-refractivity contribution < 1.29 is 0 Å². The van der Waals surface area contributed by atoms with Gasteiger partial charge in [-0.15, -0.1) is 0 Å². The molecule has 0 amide bonds. The first kappa shape index (κ1) is 9.37. The highest BCUT2D eigenvalue weighted by Gasteiger charge is 2.45. The number of piperidine rings is 1. The third-order valence-corrected chi connectivity index (χ3v) is 3.52. The Labute approximate surface area is 91.1 Å². The van der Waals surface area contributed by atoms with Crippen molar-refractivity contribution in [3.05, 3.63) is 35.9 Å². The van der Waals surface area contributed by atoms with E-state index in [4.69, 9.17) is 0 Å². The Kier molecular flexibility index (Phi) is 2.47. The number of nitrogens with one attached hydrogen (secondary N) is 2. The van der Waals surface area contributed by atoms with Crippen LogP contribution in [-0.4, -0.2) is 18.6 Å². The molecule has 3 atom stereocenters. The standard InChI is InChI=1S/C13H18N2/c1-2-4-10(5-3-1)8-14-9-12-6-11-7-13(11)15-12/h1-5,11-15H,6-9H2/t11-,12-,13+/m1/s1. The first-order valence-corrected chi connectivity index (χ1v) is 5.92. The van der Waals surface area contributed by atoms with Crippen molar-refractivity contribution in [3.63, 3.8) is 0 Å². The molecule has 1 aromatic rings. The molecule has 0 unspecified atom stereocenters. The summed E-state index contributed by atoms with van der Waals surface area (Å²) in [6, 6.07) is 12.2. The molecule has 1 heterocycles. The summed E-state index contributed by atoms with van der Waals surface area (Å²) in [7, 11) is 0. The summed E-state index contributed by atoms with van der Waals surface area (Å²) in [4.78, 5) is 0. The lowest BCUT2D eigenvalue weighted by molar-refractivity contribution is 0.493. The number of fused-ring (bicyclic) bond motifs is 1. The van der Waals surface area contributed by atoms with Crippen LogP contribution in [0.15, 0.2) is 30.3 Å². The van der Waals surface area contributed by atoms with E-state index >= 15 is 0 Å². The maximum atomic E-state index is 3.65. The van der Waals surface area contributed by atoms with Gasteiger partial charge in [-0.1, -0.05) is 30.3 Å². The van der Waals surface area contributed by atoms with Gasteiger partial charge in [0.05, 0.1) is 0 Å². The lowest BCUT2D eigenvalue weighted by Crippen LogP contribution is -2.35. The molecule has 0 radical (unpaired) electrons. The zero-order chi connectivity index (χ0) is 10.1. The number of benzene rings is 1. The molecule has 1 aliphatic carbocycles. The topological polar surface area (TPSA) is 24.1 Å². The minimum Gasteiger partial charge on any atom is -0.311 e. The third kappa shape index (κ3) is 2.21. The van der Waals surface area contributed by atoms with Gasteiger partial charge in [-0.05, 0) is 24.3 Å². The molecule has 2 fully saturated rings. The summed E-state index contributed by atoms with van der Waals surface area (Å²) in [5.74, 6) is 1.01. The summed E-state index contributed by atoms with van der Waals surface area (Å²) in [6.45, 7) is 2.11. The Morgan fingerprint density at radius 2 is 2.07 bits per heavy atom. The average molecular weight is 202 g/mol. The van der Waals surface area contributed by atoms with E-state index in [1.807, 2.05) is 0 Å². The maximum absolute atomic E-state index is 3.65. The largest absolute Gasteiger partial charge is 0.311 e. The number of hydrogen-bond donors (Lipinski definition) is 2. The van der Waals surface area contributed by atoms with Gasteiger partial charge >= 0.3 is 0 Å². The average Bonchev–Trinajstić information content (AvgIpc) is 2.88. The fourth-order valence-electron chi connectivity index (χ4n) is 2.58. The van der Waals surface area contributed by atoms with Crippen molar-refractivity contribution >= 4 is 0 Å². The fourth-order valence-corrected chi connectivity index (χ4v) is 2.58. The lowest BCUT2D eigenvalue weighted by atomic mass is 10.1. The Balaban J connectivity index is 1.40. The highest BCUT2D eigenvalue weighted by Crippen LogP contribution is 2.40. The van der Waals surface area contributed by atoms with Gasteiger partial charge in [-0.2, -0.15) is 0 Å². The van der Waals surface area contributed by atoms with Gasteiger partial charge in [0.2, 0.25) is 0 Å². The van der Waals surface area contributed by atoms with Crippen LogP contribution in [-0.2, 0) is 6.54 Å². The van der Waals surface area contributed by atoms with Gasteiger partial charge in [0, 0.05) is 25.2 Å². The van der Waals surface area contributed by atoms with E-state index in [1.54, 1.807) is 0 Å². The molecular formula is C13H18N2. The van der Waals surface area contributed by atoms with Gasteiger partial charge < -0.3 is 10.6 Å². The molecule has 2 N–H and O–H groups in total. The Morgan fingerprint density at radius 3 is 2.80 bits per heavy atom. The summed E-state index contributed by atoms with van der Waals surface area (Å²) in [5, 5.41) is 7.17. The van der Waals surface area contributed by atoms with Crippen molar-refractivity contribution in [2.75, 3.05) is 6.54 Å². The number of hydrogen-bond acceptors (Lipinski definition) is 2. The molecule has 2 heteroatoms. The van der Waals surface area contributed by atoms with Crippen LogP contribution in [0.25, 0.3) is 0 Å². The van der Waals surface area contributed by atoms with Gasteiger partial charge in [0.1, 0.15) is 0 Å². The van der Waals surface area contributed by atoms with Crippen LogP contribution < -0.4 is 10.6 Å². The van der Waals surface area contributed by atoms with Crippen LogP contribution in [0.5, 0.6) is 0 Å². The van der Waals surface area contributed by atoms with E-state index in [0.717, 1.165) is 31.1 Å². The summed E-state index contributed by atoms with van der Waals surface area (Å²) in [5.41, 5.74) is 1.38. The van der Waals surface area contributed by atoms with Crippen LogP contribution in [0.3, 0.4) is 0 Å². The molecule has 2 aliphatic rings. The molecule has 0 bridgehead atoms. The zero-order valence-electron chi connectivity index (χ0n) is 8.95. The Bertz CT molecular complexity index is 313. The molecule has 1 aliphatic heterocycles. The molecule has 15 heavy (non-hydrogen) atoms. The SMILES string of the molecule is c1ccc(CNC[C@H]2C[C@@H]3C[C@@H]3N2)cc1. The van der Waals surface area contributed by atoms with Crippen molar-refractivity contribution in [3.8, 4) is 0 Å². The van der Waals surface area contributed by atoms with Crippen molar-refractivity contribution in [2.24, 2.45) is 5.92 Å². The molecule has 80 valence electrons. The molecule has 1 saturated heterocycles. The van der Waals surface area contributed by atoms with Crippen molar-refractivity contribution in [1.82, 2.24) is 10.6 Å².